The highest BCUT2D eigenvalue weighted by Crippen LogP contribution is 2.11. The third kappa shape index (κ3) is 6.91. The highest BCUT2D eigenvalue weighted by Gasteiger charge is 1.99. The molecule has 0 bridgehead atoms. The van der Waals surface area contributed by atoms with Crippen molar-refractivity contribution in [3.63, 3.8) is 0 Å². The van der Waals surface area contributed by atoms with E-state index < -0.39 is 10.0 Å². The summed E-state index contributed by atoms with van der Waals surface area (Å²) in [6.45, 7) is 0.892. The zero-order valence-corrected chi connectivity index (χ0v) is 10.5. The first-order valence-electron chi connectivity index (χ1n) is 5.30. The summed E-state index contributed by atoms with van der Waals surface area (Å²) in [4.78, 5) is 0. The quantitative estimate of drug-likeness (QED) is 0.757. The molecule has 0 heterocycles. The Morgan fingerprint density at radius 1 is 1.24 bits per heavy atom. The van der Waals surface area contributed by atoms with E-state index in [4.69, 9.17) is 4.74 Å². The van der Waals surface area contributed by atoms with E-state index in [2.05, 4.69) is 4.72 Å². The molecule has 0 saturated heterocycles. The Bertz CT molecular complexity index is 431. The molecular formula is C11H16FNO3S. The molecular weight excluding hydrogens is 245 g/mol. The van der Waals surface area contributed by atoms with Crippen LogP contribution in [0.3, 0.4) is 0 Å². The van der Waals surface area contributed by atoms with E-state index in [0.717, 1.165) is 12.7 Å². The fourth-order valence-electron chi connectivity index (χ4n) is 1.21. The summed E-state index contributed by atoms with van der Waals surface area (Å²) in [6.07, 6.45) is 2.57. The minimum atomic E-state index is -3.10. The zero-order valence-electron chi connectivity index (χ0n) is 9.65. The first-order valence-corrected chi connectivity index (χ1v) is 7.19. The summed E-state index contributed by atoms with van der Waals surface area (Å²) >= 11 is 0. The van der Waals surface area contributed by atoms with Crippen molar-refractivity contribution in [2.75, 3.05) is 19.4 Å². The smallest absolute Gasteiger partial charge is 0.208 e. The van der Waals surface area contributed by atoms with Crippen molar-refractivity contribution in [2.45, 2.75) is 12.8 Å². The van der Waals surface area contributed by atoms with Crippen LogP contribution in [0.2, 0.25) is 0 Å². The number of sulfonamides is 1. The highest BCUT2D eigenvalue weighted by atomic mass is 32.2. The summed E-state index contributed by atoms with van der Waals surface area (Å²) in [6, 6.07) is 5.79. The number of halogens is 1. The van der Waals surface area contributed by atoms with Gasteiger partial charge in [-0.3, -0.25) is 0 Å². The number of benzene rings is 1. The van der Waals surface area contributed by atoms with Crippen LogP contribution in [0.15, 0.2) is 24.3 Å². The number of ether oxygens (including phenoxy) is 1. The lowest BCUT2D eigenvalue weighted by Gasteiger charge is -2.06. The minimum Gasteiger partial charge on any atom is -0.494 e. The van der Waals surface area contributed by atoms with Gasteiger partial charge in [0.15, 0.2) is 0 Å². The fourth-order valence-corrected chi connectivity index (χ4v) is 1.72. The predicted octanol–water partition coefficient (Wildman–Crippen LogP) is 1.53. The SMILES string of the molecule is CS(=O)(=O)NCCCCOc1ccc(F)cc1. The van der Waals surface area contributed by atoms with Crippen LogP contribution in [0.1, 0.15) is 12.8 Å². The monoisotopic (exact) mass is 261 g/mol. The molecule has 17 heavy (non-hydrogen) atoms. The van der Waals surface area contributed by atoms with E-state index in [-0.39, 0.29) is 5.82 Å². The van der Waals surface area contributed by atoms with E-state index >= 15 is 0 Å². The molecule has 0 fully saturated rings. The van der Waals surface area contributed by atoms with E-state index in [1.54, 1.807) is 12.1 Å². The van der Waals surface area contributed by atoms with Gasteiger partial charge in [-0.25, -0.2) is 17.5 Å². The van der Waals surface area contributed by atoms with Crippen LogP contribution < -0.4 is 9.46 Å². The Balaban J connectivity index is 2.10. The Hall–Kier alpha value is -1.14. The van der Waals surface area contributed by atoms with Crippen molar-refractivity contribution < 1.29 is 17.5 Å². The van der Waals surface area contributed by atoms with Crippen molar-refractivity contribution in [1.82, 2.24) is 4.72 Å². The zero-order chi connectivity index (χ0) is 12.7. The summed E-state index contributed by atoms with van der Waals surface area (Å²) in [5.74, 6) is 0.317. The Labute approximate surface area is 101 Å². The molecule has 0 saturated carbocycles. The Morgan fingerprint density at radius 3 is 2.47 bits per heavy atom. The Kier molecular flexibility index (Phi) is 5.37. The van der Waals surface area contributed by atoms with Gasteiger partial charge in [0.05, 0.1) is 12.9 Å². The first-order chi connectivity index (χ1) is 7.97. The van der Waals surface area contributed by atoms with Crippen LogP contribution in [-0.4, -0.2) is 27.8 Å². The molecule has 0 aliphatic carbocycles. The summed E-state index contributed by atoms with van der Waals surface area (Å²) in [5, 5.41) is 0. The second kappa shape index (κ2) is 6.56. The van der Waals surface area contributed by atoms with Crippen LogP contribution in [-0.2, 0) is 10.0 Å². The van der Waals surface area contributed by atoms with Gasteiger partial charge in [0.1, 0.15) is 11.6 Å². The molecule has 0 aromatic heterocycles. The maximum absolute atomic E-state index is 12.6. The molecule has 0 amide bonds. The van der Waals surface area contributed by atoms with E-state index in [1.165, 1.54) is 12.1 Å². The largest absolute Gasteiger partial charge is 0.494 e. The number of unbranched alkanes of at least 4 members (excludes halogenated alkanes) is 1. The lowest BCUT2D eigenvalue weighted by Crippen LogP contribution is -2.23. The third-order valence-corrected chi connectivity index (χ3v) is 2.75. The van der Waals surface area contributed by atoms with Gasteiger partial charge in [0.25, 0.3) is 0 Å². The highest BCUT2D eigenvalue weighted by molar-refractivity contribution is 7.88. The topological polar surface area (TPSA) is 55.4 Å². The molecule has 0 aliphatic rings. The molecule has 0 unspecified atom stereocenters. The van der Waals surface area contributed by atoms with Crippen molar-refractivity contribution in [3.8, 4) is 5.75 Å². The van der Waals surface area contributed by atoms with Crippen molar-refractivity contribution in [3.05, 3.63) is 30.1 Å². The standard InChI is InChI=1S/C11H16FNO3S/c1-17(14,15)13-8-2-3-9-16-11-6-4-10(12)5-7-11/h4-7,13H,2-3,8-9H2,1H3. The van der Waals surface area contributed by atoms with E-state index in [9.17, 15) is 12.8 Å². The van der Waals surface area contributed by atoms with Crippen LogP contribution >= 0.6 is 0 Å². The van der Waals surface area contributed by atoms with Gasteiger partial charge in [-0.05, 0) is 37.1 Å². The molecule has 6 heteroatoms. The minimum absolute atomic E-state index is 0.297. The Morgan fingerprint density at radius 2 is 1.88 bits per heavy atom. The molecule has 0 spiro atoms. The van der Waals surface area contributed by atoms with E-state index in [0.29, 0.717) is 25.3 Å². The molecule has 1 N–H and O–H groups in total. The van der Waals surface area contributed by atoms with Gasteiger partial charge in [-0.15, -0.1) is 0 Å². The summed E-state index contributed by atoms with van der Waals surface area (Å²) in [7, 11) is -3.10. The maximum atomic E-state index is 12.6. The fraction of sp³-hybridized carbons (Fsp3) is 0.455. The van der Waals surface area contributed by atoms with Gasteiger partial charge in [-0.2, -0.15) is 0 Å². The molecule has 96 valence electrons. The summed E-state index contributed by atoms with van der Waals surface area (Å²) in [5.41, 5.74) is 0. The van der Waals surface area contributed by atoms with Crippen molar-refractivity contribution in [1.29, 1.82) is 0 Å². The van der Waals surface area contributed by atoms with Crippen LogP contribution in [0, 0.1) is 5.82 Å². The van der Waals surface area contributed by atoms with Gasteiger partial charge in [0, 0.05) is 6.54 Å². The predicted molar refractivity (Wildman–Crippen MR) is 64.0 cm³/mol. The van der Waals surface area contributed by atoms with E-state index in [1.807, 2.05) is 0 Å². The van der Waals surface area contributed by atoms with Gasteiger partial charge < -0.3 is 4.74 Å². The van der Waals surface area contributed by atoms with Crippen molar-refractivity contribution in [2.24, 2.45) is 0 Å². The third-order valence-electron chi connectivity index (χ3n) is 2.02. The average molecular weight is 261 g/mol. The number of nitrogens with one attached hydrogen (secondary N) is 1. The van der Waals surface area contributed by atoms with Crippen LogP contribution in [0.4, 0.5) is 4.39 Å². The van der Waals surface area contributed by atoms with Crippen LogP contribution in [0.5, 0.6) is 5.75 Å². The van der Waals surface area contributed by atoms with Gasteiger partial charge in [-0.1, -0.05) is 0 Å². The second-order valence-electron chi connectivity index (χ2n) is 3.68. The van der Waals surface area contributed by atoms with Gasteiger partial charge >= 0.3 is 0 Å². The van der Waals surface area contributed by atoms with Gasteiger partial charge in [0.2, 0.25) is 10.0 Å². The number of hydrogen-bond donors (Lipinski definition) is 1. The first kappa shape index (κ1) is 13.9. The molecule has 4 nitrogen and oxygen atoms in total. The molecule has 0 radical (unpaired) electrons. The maximum Gasteiger partial charge on any atom is 0.208 e. The molecule has 0 aliphatic heterocycles. The number of rotatable bonds is 7. The normalized spacial score (nSPS) is 11.4. The van der Waals surface area contributed by atoms with Crippen molar-refractivity contribution >= 4 is 10.0 Å². The molecule has 1 aromatic rings. The number of hydrogen-bond acceptors (Lipinski definition) is 3. The molecule has 0 atom stereocenters. The molecule has 1 rings (SSSR count). The second-order valence-corrected chi connectivity index (χ2v) is 5.51. The van der Waals surface area contributed by atoms with Crippen LogP contribution in [0.25, 0.3) is 0 Å². The molecule has 1 aromatic carbocycles. The average Bonchev–Trinajstić information content (AvgIpc) is 2.24. The lowest BCUT2D eigenvalue weighted by atomic mass is 10.3. The summed E-state index contributed by atoms with van der Waals surface area (Å²) < 4.78 is 41.8. The lowest BCUT2D eigenvalue weighted by molar-refractivity contribution is 0.306.